The lowest BCUT2D eigenvalue weighted by Gasteiger charge is -2.11. The summed E-state index contributed by atoms with van der Waals surface area (Å²) in [6.45, 7) is 0.333. The molecule has 1 amide bonds. The molecule has 0 aliphatic rings. The highest BCUT2D eigenvalue weighted by molar-refractivity contribution is 6.36. The van der Waals surface area contributed by atoms with Gasteiger partial charge in [-0.15, -0.1) is 0 Å². The Hall–Kier alpha value is -2.53. The van der Waals surface area contributed by atoms with Gasteiger partial charge in [0, 0.05) is 21.2 Å². The maximum Gasteiger partial charge on any atom is 0.271 e. The van der Waals surface area contributed by atoms with Gasteiger partial charge in [-0.25, -0.2) is 5.43 Å². The summed E-state index contributed by atoms with van der Waals surface area (Å²) in [5.74, 6) is 0.0622. The Kier molecular flexibility index (Phi) is 6.93. The summed E-state index contributed by atoms with van der Waals surface area (Å²) in [4.78, 5) is 12.1. The summed E-state index contributed by atoms with van der Waals surface area (Å²) in [5, 5.41) is 5.32. The predicted molar refractivity (Wildman–Crippen MR) is 114 cm³/mol. The summed E-state index contributed by atoms with van der Waals surface area (Å²) in [7, 11) is 0. The number of ether oxygens (including phenoxy) is 1. The summed E-state index contributed by atoms with van der Waals surface area (Å²) in [6, 6.07) is 19.4. The van der Waals surface area contributed by atoms with E-state index in [0.29, 0.717) is 38.6 Å². The van der Waals surface area contributed by atoms with Gasteiger partial charge in [0.05, 0.1) is 11.2 Å². The summed E-state index contributed by atoms with van der Waals surface area (Å²) in [6.07, 6.45) is 1.44. The fourth-order valence-corrected chi connectivity index (χ4v) is 3.07. The maximum atomic E-state index is 12.1. The molecule has 0 atom stereocenters. The van der Waals surface area contributed by atoms with Crippen LogP contribution in [-0.2, 0) is 6.61 Å². The minimum atomic E-state index is -0.368. The Morgan fingerprint density at radius 3 is 2.39 bits per heavy atom. The van der Waals surface area contributed by atoms with E-state index in [4.69, 9.17) is 39.5 Å². The van der Waals surface area contributed by atoms with Crippen LogP contribution in [0.1, 0.15) is 21.5 Å². The minimum Gasteiger partial charge on any atom is -0.487 e. The number of carbonyl (C=O) groups is 1. The molecule has 0 aromatic heterocycles. The smallest absolute Gasteiger partial charge is 0.271 e. The number of hydrazone groups is 1. The monoisotopic (exact) mass is 432 g/mol. The van der Waals surface area contributed by atoms with Gasteiger partial charge < -0.3 is 4.74 Å². The first kappa shape index (κ1) is 20.2. The first-order chi connectivity index (χ1) is 13.5. The molecule has 0 saturated heterocycles. The number of amides is 1. The molecule has 0 radical (unpaired) electrons. The van der Waals surface area contributed by atoms with Crippen LogP contribution in [0.2, 0.25) is 15.1 Å². The number of rotatable bonds is 6. The molecule has 7 heteroatoms. The molecule has 0 aliphatic carbocycles. The normalized spacial score (nSPS) is 10.8. The van der Waals surface area contributed by atoms with Crippen molar-refractivity contribution in [2.24, 2.45) is 5.10 Å². The molecule has 1 N–H and O–H groups in total. The van der Waals surface area contributed by atoms with Crippen LogP contribution >= 0.6 is 34.8 Å². The second-order valence-corrected chi connectivity index (χ2v) is 7.07. The van der Waals surface area contributed by atoms with Crippen LogP contribution in [-0.4, -0.2) is 12.1 Å². The SMILES string of the molecule is O=C(N/N=C\c1cc(Cl)cc(Cl)c1OCc1ccccc1)c1ccc(Cl)cc1. The maximum absolute atomic E-state index is 12.1. The molecular formula is C21H15Cl3N2O2. The summed E-state index contributed by atoms with van der Waals surface area (Å²) in [5.41, 5.74) is 4.43. The Labute approximate surface area is 177 Å². The van der Waals surface area contributed by atoms with Crippen molar-refractivity contribution in [2.75, 3.05) is 0 Å². The quantitative estimate of drug-likeness (QED) is 0.383. The molecule has 0 unspecified atom stereocenters. The number of benzene rings is 3. The predicted octanol–water partition coefficient (Wildman–Crippen LogP) is 5.99. The van der Waals surface area contributed by atoms with Crippen molar-refractivity contribution in [3.63, 3.8) is 0 Å². The fourth-order valence-electron chi connectivity index (χ4n) is 2.38. The number of hydrogen-bond acceptors (Lipinski definition) is 3. The van der Waals surface area contributed by atoms with Gasteiger partial charge in [-0.1, -0.05) is 65.1 Å². The third-order valence-electron chi connectivity index (χ3n) is 3.74. The first-order valence-electron chi connectivity index (χ1n) is 8.27. The standard InChI is InChI=1S/C21H15Cl3N2O2/c22-17-8-6-15(7-9-17)21(27)26-25-12-16-10-18(23)11-19(24)20(16)28-13-14-4-2-1-3-5-14/h1-12H,13H2,(H,26,27)/b25-12-. The van der Waals surface area contributed by atoms with Crippen molar-refractivity contribution >= 4 is 46.9 Å². The molecule has 0 heterocycles. The number of nitrogens with one attached hydrogen (secondary N) is 1. The topological polar surface area (TPSA) is 50.7 Å². The molecule has 0 bridgehead atoms. The van der Waals surface area contributed by atoms with E-state index in [1.54, 1.807) is 36.4 Å². The van der Waals surface area contributed by atoms with Gasteiger partial charge in [0.25, 0.3) is 5.91 Å². The van der Waals surface area contributed by atoms with Gasteiger partial charge in [0.1, 0.15) is 12.4 Å². The molecule has 3 aromatic carbocycles. The lowest BCUT2D eigenvalue weighted by molar-refractivity contribution is 0.0955. The van der Waals surface area contributed by atoms with Crippen LogP contribution < -0.4 is 10.2 Å². The molecule has 0 spiro atoms. The minimum absolute atomic E-state index is 0.333. The molecule has 0 fully saturated rings. The second-order valence-electron chi connectivity index (χ2n) is 5.79. The van der Waals surface area contributed by atoms with E-state index in [1.165, 1.54) is 6.21 Å². The van der Waals surface area contributed by atoms with E-state index in [0.717, 1.165) is 5.56 Å². The van der Waals surface area contributed by atoms with Crippen LogP contribution in [0.4, 0.5) is 0 Å². The molecule has 28 heavy (non-hydrogen) atoms. The number of carbonyl (C=O) groups excluding carboxylic acids is 1. The van der Waals surface area contributed by atoms with Crippen molar-refractivity contribution in [2.45, 2.75) is 6.61 Å². The van der Waals surface area contributed by atoms with Crippen LogP contribution in [0.3, 0.4) is 0 Å². The zero-order valence-corrected chi connectivity index (χ0v) is 16.8. The van der Waals surface area contributed by atoms with E-state index in [1.807, 2.05) is 30.3 Å². The van der Waals surface area contributed by atoms with E-state index in [-0.39, 0.29) is 5.91 Å². The van der Waals surface area contributed by atoms with E-state index in [9.17, 15) is 4.79 Å². The average molecular weight is 434 g/mol. The van der Waals surface area contributed by atoms with E-state index in [2.05, 4.69) is 10.5 Å². The molecule has 0 saturated carbocycles. The molecule has 4 nitrogen and oxygen atoms in total. The Morgan fingerprint density at radius 1 is 0.964 bits per heavy atom. The fraction of sp³-hybridized carbons (Fsp3) is 0.0476. The van der Waals surface area contributed by atoms with Gasteiger partial charge in [0.2, 0.25) is 0 Å². The largest absolute Gasteiger partial charge is 0.487 e. The van der Waals surface area contributed by atoms with Gasteiger partial charge >= 0.3 is 0 Å². The van der Waals surface area contributed by atoms with Crippen molar-refractivity contribution < 1.29 is 9.53 Å². The highest BCUT2D eigenvalue weighted by Gasteiger charge is 2.10. The molecule has 142 valence electrons. The average Bonchev–Trinajstić information content (AvgIpc) is 2.68. The van der Waals surface area contributed by atoms with Gasteiger partial charge in [-0.05, 0) is 42.0 Å². The van der Waals surface area contributed by atoms with Gasteiger partial charge in [-0.3, -0.25) is 4.79 Å². The third-order valence-corrected chi connectivity index (χ3v) is 4.49. The van der Waals surface area contributed by atoms with Crippen LogP contribution in [0.25, 0.3) is 0 Å². The molecule has 0 aliphatic heterocycles. The van der Waals surface area contributed by atoms with Crippen molar-refractivity contribution in [1.29, 1.82) is 0 Å². The van der Waals surface area contributed by atoms with Crippen LogP contribution in [0, 0.1) is 0 Å². The lowest BCUT2D eigenvalue weighted by Crippen LogP contribution is -2.17. The second kappa shape index (κ2) is 9.60. The van der Waals surface area contributed by atoms with Crippen LogP contribution in [0.15, 0.2) is 71.8 Å². The van der Waals surface area contributed by atoms with Crippen molar-refractivity contribution in [3.8, 4) is 5.75 Å². The summed E-state index contributed by atoms with van der Waals surface area (Å²) >= 11 is 18.2. The van der Waals surface area contributed by atoms with Crippen LogP contribution in [0.5, 0.6) is 5.75 Å². The highest BCUT2D eigenvalue weighted by atomic mass is 35.5. The Balaban J connectivity index is 1.74. The zero-order chi connectivity index (χ0) is 19.9. The van der Waals surface area contributed by atoms with Gasteiger partial charge in [0.15, 0.2) is 0 Å². The Morgan fingerprint density at radius 2 is 1.68 bits per heavy atom. The van der Waals surface area contributed by atoms with Crippen molar-refractivity contribution in [3.05, 3.63) is 98.5 Å². The molecular weight excluding hydrogens is 419 g/mol. The molecule has 3 aromatic rings. The van der Waals surface area contributed by atoms with Gasteiger partial charge in [-0.2, -0.15) is 5.10 Å². The number of nitrogens with zero attached hydrogens (tertiary/aromatic N) is 1. The van der Waals surface area contributed by atoms with Crippen molar-refractivity contribution in [1.82, 2.24) is 5.43 Å². The van der Waals surface area contributed by atoms with E-state index < -0.39 is 0 Å². The molecule has 3 rings (SSSR count). The number of hydrogen-bond donors (Lipinski definition) is 1. The highest BCUT2D eigenvalue weighted by Crippen LogP contribution is 2.32. The Bertz CT molecular complexity index is 991. The first-order valence-corrected chi connectivity index (χ1v) is 9.41. The lowest BCUT2D eigenvalue weighted by atomic mass is 10.2. The van der Waals surface area contributed by atoms with E-state index >= 15 is 0 Å². The summed E-state index contributed by atoms with van der Waals surface area (Å²) < 4.78 is 5.86. The number of halogens is 3. The zero-order valence-electron chi connectivity index (χ0n) is 14.5. The third kappa shape index (κ3) is 5.49.